The van der Waals surface area contributed by atoms with Crippen LogP contribution in [0.4, 0.5) is 8.78 Å². The van der Waals surface area contributed by atoms with Gasteiger partial charge >= 0.3 is 0 Å². The van der Waals surface area contributed by atoms with Gasteiger partial charge in [-0.05, 0) is 17.7 Å². The quantitative estimate of drug-likeness (QED) is 0.716. The first-order chi connectivity index (χ1) is 9.67. The molecule has 0 bridgehead atoms. The van der Waals surface area contributed by atoms with Gasteiger partial charge in [0.25, 0.3) is 0 Å². The molecule has 0 aliphatic carbocycles. The Balaban J connectivity index is 2.02. The van der Waals surface area contributed by atoms with Crippen LogP contribution < -0.4 is 0 Å². The van der Waals surface area contributed by atoms with E-state index in [1.807, 2.05) is 6.07 Å². The molecular weight excluding hydrogens is 260 g/mol. The van der Waals surface area contributed by atoms with Gasteiger partial charge in [0.1, 0.15) is 0 Å². The van der Waals surface area contributed by atoms with Crippen molar-refractivity contribution in [1.29, 1.82) is 5.26 Å². The highest BCUT2D eigenvalue weighted by Gasteiger charge is 2.09. The molecule has 3 aromatic rings. The number of rotatable bonds is 2. The molecule has 0 atom stereocenters. The molecule has 0 unspecified atom stereocenters. The van der Waals surface area contributed by atoms with E-state index >= 15 is 0 Å². The van der Waals surface area contributed by atoms with Crippen LogP contribution in [0.2, 0.25) is 0 Å². The monoisotopic (exact) mass is 269 g/mol. The van der Waals surface area contributed by atoms with Gasteiger partial charge in [-0.25, -0.2) is 13.8 Å². The van der Waals surface area contributed by atoms with Crippen LogP contribution in [0.25, 0.3) is 11.0 Å². The molecule has 0 radical (unpaired) electrons. The molecule has 0 saturated heterocycles. The molecule has 0 spiro atoms. The molecule has 0 aliphatic rings. The van der Waals surface area contributed by atoms with E-state index in [-0.39, 0.29) is 0 Å². The highest BCUT2D eigenvalue weighted by molar-refractivity contribution is 5.75. The van der Waals surface area contributed by atoms with Crippen molar-refractivity contribution in [2.75, 3.05) is 0 Å². The van der Waals surface area contributed by atoms with E-state index in [1.54, 1.807) is 22.8 Å². The minimum Gasteiger partial charge on any atom is -0.326 e. The van der Waals surface area contributed by atoms with E-state index in [0.29, 0.717) is 23.1 Å². The summed E-state index contributed by atoms with van der Waals surface area (Å²) in [4.78, 5) is 4.05. The molecule has 0 saturated carbocycles. The summed E-state index contributed by atoms with van der Waals surface area (Å²) in [6.07, 6.45) is 1.53. The Hall–Kier alpha value is -2.74. The van der Waals surface area contributed by atoms with Crippen LogP contribution in [-0.2, 0) is 6.54 Å². The number of fused-ring (bicyclic) bond motifs is 1. The fourth-order valence-electron chi connectivity index (χ4n) is 2.12. The molecule has 5 heteroatoms. The fourth-order valence-corrected chi connectivity index (χ4v) is 2.12. The molecule has 0 fully saturated rings. The van der Waals surface area contributed by atoms with Gasteiger partial charge in [-0.1, -0.05) is 12.1 Å². The van der Waals surface area contributed by atoms with Crippen molar-refractivity contribution in [3.63, 3.8) is 0 Å². The first kappa shape index (κ1) is 12.3. The summed E-state index contributed by atoms with van der Waals surface area (Å²) in [5.74, 6) is -1.81. The summed E-state index contributed by atoms with van der Waals surface area (Å²) in [7, 11) is 0. The minimum atomic E-state index is -0.908. The normalized spacial score (nSPS) is 10.7. The Morgan fingerprint density at radius 1 is 1.15 bits per heavy atom. The summed E-state index contributed by atoms with van der Waals surface area (Å²) < 4.78 is 28.1. The molecule has 3 nitrogen and oxygen atoms in total. The van der Waals surface area contributed by atoms with Crippen LogP contribution in [0.3, 0.4) is 0 Å². The lowest BCUT2D eigenvalue weighted by molar-refractivity contribution is 0.510. The Bertz CT molecular complexity index is 831. The number of imidazole rings is 1. The molecule has 98 valence electrons. The van der Waals surface area contributed by atoms with Gasteiger partial charge in [-0.3, -0.25) is 0 Å². The zero-order valence-electron chi connectivity index (χ0n) is 10.3. The van der Waals surface area contributed by atoms with Crippen molar-refractivity contribution in [3.8, 4) is 6.07 Å². The second-order valence-corrected chi connectivity index (χ2v) is 4.44. The third kappa shape index (κ3) is 2.12. The predicted octanol–water partition coefficient (Wildman–Crippen LogP) is 3.23. The van der Waals surface area contributed by atoms with Crippen LogP contribution in [0.5, 0.6) is 0 Å². The van der Waals surface area contributed by atoms with Crippen molar-refractivity contribution >= 4 is 11.0 Å². The molecule has 3 rings (SSSR count). The Morgan fingerprint density at radius 3 is 2.75 bits per heavy atom. The second kappa shape index (κ2) is 4.74. The molecule has 20 heavy (non-hydrogen) atoms. The fraction of sp³-hybridized carbons (Fsp3) is 0.0667. The van der Waals surface area contributed by atoms with Crippen molar-refractivity contribution in [3.05, 3.63) is 65.5 Å². The first-order valence-electron chi connectivity index (χ1n) is 5.96. The van der Waals surface area contributed by atoms with Gasteiger partial charge in [-0.15, -0.1) is 0 Å². The van der Waals surface area contributed by atoms with E-state index in [9.17, 15) is 8.78 Å². The van der Waals surface area contributed by atoms with E-state index in [2.05, 4.69) is 11.1 Å². The smallest absolute Gasteiger partial charge is 0.161 e. The number of nitrogens with zero attached hydrogens (tertiary/aromatic N) is 3. The lowest BCUT2D eigenvalue weighted by atomic mass is 10.1. The number of hydrogen-bond acceptors (Lipinski definition) is 2. The Labute approximate surface area is 113 Å². The molecule has 0 amide bonds. The summed E-state index contributed by atoms with van der Waals surface area (Å²) >= 11 is 0. The second-order valence-electron chi connectivity index (χ2n) is 4.44. The largest absolute Gasteiger partial charge is 0.326 e. The first-order valence-corrected chi connectivity index (χ1v) is 5.96. The standard InChI is InChI=1S/C15H9F2N3/c16-12-5-14-15(6-13(12)17)20(9-19-14)8-11-3-1-2-10(4-11)7-18/h1-6,9H,8H2. The van der Waals surface area contributed by atoms with E-state index in [1.165, 1.54) is 6.33 Å². The van der Waals surface area contributed by atoms with Gasteiger partial charge in [0, 0.05) is 18.7 Å². The molecule has 0 aliphatic heterocycles. The maximum Gasteiger partial charge on any atom is 0.161 e. The molecule has 1 heterocycles. The van der Waals surface area contributed by atoms with E-state index in [0.717, 1.165) is 17.7 Å². The van der Waals surface area contributed by atoms with Gasteiger partial charge in [0.2, 0.25) is 0 Å². The lowest BCUT2D eigenvalue weighted by Crippen LogP contribution is -1.99. The summed E-state index contributed by atoms with van der Waals surface area (Å²) in [6, 6.07) is 11.4. The number of hydrogen-bond donors (Lipinski definition) is 0. The van der Waals surface area contributed by atoms with Crippen LogP contribution in [0.1, 0.15) is 11.1 Å². The molecule has 0 N–H and O–H groups in total. The average Bonchev–Trinajstić information content (AvgIpc) is 2.82. The highest BCUT2D eigenvalue weighted by atomic mass is 19.2. The van der Waals surface area contributed by atoms with Crippen LogP contribution >= 0.6 is 0 Å². The number of aromatic nitrogens is 2. The highest BCUT2D eigenvalue weighted by Crippen LogP contribution is 2.18. The topological polar surface area (TPSA) is 41.6 Å². The zero-order valence-corrected chi connectivity index (χ0v) is 10.3. The van der Waals surface area contributed by atoms with Crippen LogP contribution in [0.15, 0.2) is 42.7 Å². The van der Waals surface area contributed by atoms with Gasteiger partial charge in [0.15, 0.2) is 11.6 Å². The van der Waals surface area contributed by atoms with Gasteiger partial charge in [-0.2, -0.15) is 5.26 Å². The third-order valence-corrected chi connectivity index (χ3v) is 3.07. The van der Waals surface area contributed by atoms with Crippen LogP contribution in [0, 0.1) is 23.0 Å². The lowest BCUT2D eigenvalue weighted by Gasteiger charge is -2.05. The van der Waals surface area contributed by atoms with Crippen molar-refractivity contribution in [2.24, 2.45) is 0 Å². The van der Waals surface area contributed by atoms with E-state index in [4.69, 9.17) is 5.26 Å². The van der Waals surface area contributed by atoms with Crippen molar-refractivity contribution in [2.45, 2.75) is 6.54 Å². The summed E-state index contributed by atoms with van der Waals surface area (Å²) in [6.45, 7) is 0.442. The van der Waals surface area contributed by atoms with Crippen molar-refractivity contribution in [1.82, 2.24) is 9.55 Å². The van der Waals surface area contributed by atoms with Crippen molar-refractivity contribution < 1.29 is 8.78 Å². The minimum absolute atomic E-state index is 0.403. The van der Waals surface area contributed by atoms with Crippen LogP contribution in [-0.4, -0.2) is 9.55 Å². The number of halogens is 2. The van der Waals surface area contributed by atoms with Gasteiger partial charge < -0.3 is 4.57 Å². The molecular formula is C15H9F2N3. The number of benzene rings is 2. The molecule has 2 aromatic carbocycles. The maximum absolute atomic E-state index is 13.3. The third-order valence-electron chi connectivity index (χ3n) is 3.07. The summed E-state index contributed by atoms with van der Waals surface area (Å²) in [5, 5.41) is 8.87. The zero-order chi connectivity index (χ0) is 14.1. The molecule has 1 aromatic heterocycles. The Morgan fingerprint density at radius 2 is 1.95 bits per heavy atom. The van der Waals surface area contributed by atoms with Gasteiger partial charge in [0.05, 0.1) is 29.0 Å². The SMILES string of the molecule is N#Cc1cccc(Cn2cnc3cc(F)c(F)cc32)c1. The summed E-state index contributed by atoms with van der Waals surface area (Å²) in [5.41, 5.74) is 2.38. The Kier molecular flexibility index (Phi) is 2.92. The maximum atomic E-state index is 13.3. The van der Waals surface area contributed by atoms with E-state index < -0.39 is 11.6 Å². The number of nitriles is 1. The average molecular weight is 269 g/mol. The predicted molar refractivity (Wildman–Crippen MR) is 69.9 cm³/mol.